The Bertz CT molecular complexity index is 265. The van der Waals surface area contributed by atoms with E-state index in [0.717, 1.165) is 0 Å². The number of aliphatic hydroxyl groups excluding tert-OH is 1. The molecule has 17 heavy (non-hydrogen) atoms. The maximum atomic E-state index is 10.7. The Balaban J connectivity index is 0. The summed E-state index contributed by atoms with van der Waals surface area (Å²) in [6.45, 7) is 4.24. The number of nitrogens with one attached hydrogen (secondary N) is 1. The van der Waals surface area contributed by atoms with Crippen LogP contribution < -0.4 is 11.1 Å². The van der Waals surface area contributed by atoms with E-state index < -0.39 is 11.9 Å². The van der Waals surface area contributed by atoms with Crippen LogP contribution in [-0.2, 0) is 14.4 Å². The molecule has 0 aliphatic carbocycles. The second-order valence-corrected chi connectivity index (χ2v) is 3.91. The van der Waals surface area contributed by atoms with Gasteiger partial charge in [0.05, 0.1) is 6.54 Å². The Morgan fingerprint density at radius 1 is 1.18 bits per heavy atom. The summed E-state index contributed by atoms with van der Waals surface area (Å²) < 4.78 is 0. The molecule has 1 amide bonds. The van der Waals surface area contributed by atoms with E-state index in [1.165, 1.54) is 0 Å². The predicted molar refractivity (Wildman–Crippen MR) is 58.2 cm³/mol. The summed E-state index contributed by atoms with van der Waals surface area (Å²) in [5, 5.41) is 26.2. The third-order valence-corrected chi connectivity index (χ3v) is 1.56. The van der Waals surface area contributed by atoms with E-state index in [2.05, 4.69) is 5.32 Å². The van der Waals surface area contributed by atoms with Crippen LogP contribution in [0.2, 0.25) is 0 Å². The third-order valence-electron chi connectivity index (χ3n) is 1.56. The number of nitrogens with two attached hydrogens (primary N) is 1. The third kappa shape index (κ3) is 12.3. The Hall–Kier alpha value is -1.67. The number of carboxylic acids is 2. The monoisotopic (exact) mass is 250 g/mol. The van der Waals surface area contributed by atoms with Crippen molar-refractivity contribution in [2.45, 2.75) is 13.8 Å². The first kappa shape index (κ1) is 17.7. The number of carbonyl (C=O) groups is 3. The molecule has 0 saturated carbocycles. The summed E-state index contributed by atoms with van der Waals surface area (Å²) in [4.78, 5) is 28.9. The Labute approximate surface area is 98.4 Å². The van der Waals surface area contributed by atoms with Crippen LogP contribution in [0.5, 0.6) is 0 Å². The smallest absolute Gasteiger partial charge is 0.414 e. The van der Waals surface area contributed by atoms with Gasteiger partial charge in [-0.1, -0.05) is 13.8 Å². The van der Waals surface area contributed by atoms with Crippen molar-refractivity contribution in [3.05, 3.63) is 0 Å². The molecular formula is C9H18N2O6. The van der Waals surface area contributed by atoms with Gasteiger partial charge in [0.2, 0.25) is 5.91 Å². The van der Waals surface area contributed by atoms with Crippen LogP contribution in [-0.4, -0.2) is 52.9 Å². The second kappa shape index (κ2) is 8.48. The fourth-order valence-electron chi connectivity index (χ4n) is 0.466. The van der Waals surface area contributed by atoms with Crippen molar-refractivity contribution in [1.82, 2.24) is 5.32 Å². The zero-order valence-electron chi connectivity index (χ0n) is 9.77. The minimum atomic E-state index is -1.82. The van der Waals surface area contributed by atoms with Gasteiger partial charge in [0.15, 0.2) is 0 Å². The minimum Gasteiger partial charge on any atom is -0.473 e. The first-order valence-electron chi connectivity index (χ1n) is 4.70. The summed E-state index contributed by atoms with van der Waals surface area (Å²) in [6, 6.07) is 0. The lowest BCUT2D eigenvalue weighted by Gasteiger charge is -2.21. The van der Waals surface area contributed by atoms with Crippen LogP contribution in [0.4, 0.5) is 0 Å². The molecule has 0 aromatic rings. The fourth-order valence-corrected chi connectivity index (χ4v) is 0.466. The number of aliphatic hydroxyl groups is 1. The SMILES string of the molecule is CC(C)(CO)CNC(=O)CN.O=C(O)C(=O)O. The minimum absolute atomic E-state index is 0.00150. The lowest BCUT2D eigenvalue weighted by molar-refractivity contribution is -0.159. The number of carbonyl (C=O) groups excluding carboxylic acids is 1. The molecule has 6 N–H and O–H groups in total. The lowest BCUT2D eigenvalue weighted by atomic mass is 9.95. The number of hydrogen-bond donors (Lipinski definition) is 5. The summed E-state index contributed by atoms with van der Waals surface area (Å²) in [7, 11) is 0. The van der Waals surface area contributed by atoms with Gasteiger partial charge in [-0.05, 0) is 0 Å². The Morgan fingerprint density at radius 3 is 1.82 bits per heavy atom. The van der Waals surface area contributed by atoms with Crippen LogP contribution in [0.25, 0.3) is 0 Å². The van der Waals surface area contributed by atoms with E-state index in [4.69, 9.17) is 30.6 Å². The van der Waals surface area contributed by atoms with Crippen molar-refractivity contribution >= 4 is 17.8 Å². The highest BCUT2D eigenvalue weighted by Gasteiger charge is 2.16. The van der Waals surface area contributed by atoms with Crippen LogP contribution in [0, 0.1) is 5.41 Å². The highest BCUT2D eigenvalue weighted by atomic mass is 16.4. The van der Waals surface area contributed by atoms with E-state index in [1.807, 2.05) is 13.8 Å². The van der Waals surface area contributed by atoms with Gasteiger partial charge >= 0.3 is 11.9 Å². The number of amides is 1. The molecule has 0 radical (unpaired) electrons. The molecular weight excluding hydrogens is 232 g/mol. The number of aliphatic carboxylic acids is 2. The van der Waals surface area contributed by atoms with E-state index in [1.54, 1.807) is 0 Å². The molecule has 0 atom stereocenters. The molecule has 0 aliphatic rings. The normalized spacial score (nSPS) is 9.88. The zero-order chi connectivity index (χ0) is 14.1. The molecule has 0 bridgehead atoms. The van der Waals surface area contributed by atoms with Gasteiger partial charge in [-0.15, -0.1) is 0 Å². The molecule has 0 aromatic heterocycles. The van der Waals surface area contributed by atoms with E-state index in [9.17, 15) is 4.79 Å². The summed E-state index contributed by atoms with van der Waals surface area (Å²) >= 11 is 0. The number of rotatable bonds is 4. The van der Waals surface area contributed by atoms with Crippen LogP contribution in [0.15, 0.2) is 0 Å². The van der Waals surface area contributed by atoms with Gasteiger partial charge in [0.25, 0.3) is 0 Å². The molecule has 8 heteroatoms. The maximum Gasteiger partial charge on any atom is 0.414 e. The molecule has 0 aromatic carbocycles. The summed E-state index contributed by atoms with van der Waals surface area (Å²) in [5.41, 5.74) is 4.81. The highest BCUT2D eigenvalue weighted by Crippen LogP contribution is 2.10. The number of carboxylic acid groups (broad SMARTS) is 2. The van der Waals surface area contributed by atoms with Crippen molar-refractivity contribution in [2.24, 2.45) is 11.1 Å². The van der Waals surface area contributed by atoms with Crippen molar-refractivity contribution in [1.29, 1.82) is 0 Å². The molecule has 0 unspecified atom stereocenters. The molecule has 0 fully saturated rings. The van der Waals surface area contributed by atoms with Gasteiger partial charge in [0, 0.05) is 18.6 Å². The molecule has 0 saturated heterocycles. The molecule has 0 rings (SSSR count). The fraction of sp³-hybridized carbons (Fsp3) is 0.667. The second-order valence-electron chi connectivity index (χ2n) is 3.91. The van der Waals surface area contributed by atoms with Gasteiger partial charge in [0.1, 0.15) is 0 Å². The van der Waals surface area contributed by atoms with Gasteiger partial charge < -0.3 is 26.4 Å². The Kier molecular flexibility index (Phi) is 8.84. The average Bonchev–Trinajstić information content (AvgIpc) is 2.26. The van der Waals surface area contributed by atoms with Crippen LogP contribution >= 0.6 is 0 Å². The zero-order valence-corrected chi connectivity index (χ0v) is 9.77. The lowest BCUT2D eigenvalue weighted by Crippen LogP contribution is -2.38. The molecule has 100 valence electrons. The van der Waals surface area contributed by atoms with Gasteiger partial charge in [-0.3, -0.25) is 4.79 Å². The molecule has 0 aliphatic heterocycles. The largest absolute Gasteiger partial charge is 0.473 e. The van der Waals surface area contributed by atoms with Gasteiger partial charge in [-0.25, -0.2) is 9.59 Å². The predicted octanol–water partition coefficient (Wildman–Crippen LogP) is -1.76. The standard InChI is InChI=1S/C7H16N2O2.C2H2O4/c1-7(2,5-10)4-9-6(11)3-8;3-1(4)2(5)6/h10H,3-5,8H2,1-2H3,(H,9,11);(H,3,4)(H,5,6). The van der Waals surface area contributed by atoms with Crippen LogP contribution in [0.1, 0.15) is 13.8 Å². The number of hydrogen-bond acceptors (Lipinski definition) is 5. The highest BCUT2D eigenvalue weighted by molar-refractivity contribution is 6.27. The summed E-state index contributed by atoms with van der Waals surface area (Å²) in [6.07, 6.45) is 0. The van der Waals surface area contributed by atoms with Crippen LogP contribution in [0.3, 0.4) is 0 Å². The van der Waals surface area contributed by atoms with Crippen molar-refractivity contribution < 1.29 is 29.7 Å². The quantitative estimate of drug-likeness (QED) is 0.371. The summed E-state index contributed by atoms with van der Waals surface area (Å²) in [5.74, 6) is -3.84. The average molecular weight is 250 g/mol. The van der Waals surface area contributed by atoms with Gasteiger partial charge in [-0.2, -0.15) is 0 Å². The van der Waals surface area contributed by atoms with Crippen molar-refractivity contribution in [3.8, 4) is 0 Å². The molecule has 0 heterocycles. The Morgan fingerprint density at radius 2 is 1.59 bits per heavy atom. The van der Waals surface area contributed by atoms with E-state index in [0.29, 0.717) is 6.54 Å². The first-order chi connectivity index (χ1) is 7.66. The van der Waals surface area contributed by atoms with E-state index in [-0.39, 0.29) is 24.5 Å². The maximum absolute atomic E-state index is 10.7. The molecule has 0 spiro atoms. The van der Waals surface area contributed by atoms with E-state index >= 15 is 0 Å². The molecule has 8 nitrogen and oxygen atoms in total. The van der Waals surface area contributed by atoms with Crippen molar-refractivity contribution in [3.63, 3.8) is 0 Å². The topological polar surface area (TPSA) is 150 Å². The van der Waals surface area contributed by atoms with Crippen molar-refractivity contribution in [2.75, 3.05) is 19.7 Å². The first-order valence-corrected chi connectivity index (χ1v) is 4.70.